The summed E-state index contributed by atoms with van der Waals surface area (Å²) in [5.41, 5.74) is 4.90. The largest absolute Gasteiger partial charge is 0.356 e. The third-order valence-electron chi connectivity index (χ3n) is 5.26. The SMILES string of the molecule is CCCNC(=O)Cc1nn(-c2nc(-c3cccc(C)c3)c(C(C)C)s2)c2ccc(Cl)cc12. The lowest BCUT2D eigenvalue weighted by atomic mass is 10.0. The molecule has 0 aliphatic carbocycles. The first kappa shape index (κ1) is 22.5. The second-order valence-corrected chi connectivity index (χ2v) is 9.73. The molecule has 1 amide bonds. The first-order valence-electron chi connectivity index (χ1n) is 10.9. The summed E-state index contributed by atoms with van der Waals surface area (Å²) in [6.45, 7) is 9.14. The molecule has 2 aromatic heterocycles. The van der Waals surface area contributed by atoms with Crippen LogP contribution in [0.5, 0.6) is 0 Å². The Morgan fingerprint density at radius 3 is 2.75 bits per heavy atom. The minimum atomic E-state index is -0.0409. The molecule has 0 bridgehead atoms. The van der Waals surface area contributed by atoms with Crippen molar-refractivity contribution in [3.63, 3.8) is 0 Å². The molecule has 4 rings (SSSR count). The summed E-state index contributed by atoms with van der Waals surface area (Å²) >= 11 is 7.92. The topological polar surface area (TPSA) is 59.8 Å². The van der Waals surface area contributed by atoms with Gasteiger partial charge in [-0.2, -0.15) is 5.10 Å². The predicted octanol–water partition coefficient (Wildman–Crippen LogP) is 6.30. The van der Waals surface area contributed by atoms with Crippen LogP contribution in [-0.2, 0) is 11.2 Å². The molecule has 0 aliphatic rings. The summed E-state index contributed by atoms with van der Waals surface area (Å²) in [5, 5.41) is 10.0. The van der Waals surface area contributed by atoms with E-state index in [-0.39, 0.29) is 12.3 Å². The Kier molecular flexibility index (Phi) is 6.63. The number of nitrogens with one attached hydrogen (secondary N) is 1. The van der Waals surface area contributed by atoms with Gasteiger partial charge in [0.15, 0.2) is 0 Å². The third kappa shape index (κ3) is 4.57. The Morgan fingerprint density at radius 2 is 2.03 bits per heavy atom. The molecule has 2 aromatic carbocycles. The van der Waals surface area contributed by atoms with Gasteiger partial charge in [0.2, 0.25) is 11.0 Å². The molecule has 7 heteroatoms. The second kappa shape index (κ2) is 9.43. The lowest BCUT2D eigenvalue weighted by Gasteiger charge is -2.05. The number of amides is 1. The number of carbonyl (C=O) groups is 1. The molecule has 0 unspecified atom stereocenters. The number of aryl methyl sites for hydroxylation is 1. The second-order valence-electron chi connectivity index (χ2n) is 8.28. The van der Waals surface area contributed by atoms with Crippen LogP contribution in [0.2, 0.25) is 5.02 Å². The zero-order chi connectivity index (χ0) is 22.8. The van der Waals surface area contributed by atoms with Crippen LogP contribution in [0.15, 0.2) is 42.5 Å². The molecule has 0 radical (unpaired) electrons. The maximum atomic E-state index is 12.4. The molecule has 1 N–H and O–H groups in total. The highest BCUT2D eigenvalue weighted by atomic mass is 35.5. The molecule has 2 heterocycles. The number of thiazole rings is 1. The summed E-state index contributed by atoms with van der Waals surface area (Å²) in [5.74, 6) is 0.285. The van der Waals surface area contributed by atoms with Crippen molar-refractivity contribution in [2.75, 3.05) is 6.54 Å². The molecular weight excluding hydrogens is 440 g/mol. The van der Waals surface area contributed by atoms with Gasteiger partial charge >= 0.3 is 0 Å². The van der Waals surface area contributed by atoms with Gasteiger partial charge in [0.05, 0.1) is 23.3 Å². The van der Waals surface area contributed by atoms with E-state index in [1.807, 2.05) is 29.8 Å². The van der Waals surface area contributed by atoms with E-state index >= 15 is 0 Å². The number of halogens is 1. The number of hydrogen-bond donors (Lipinski definition) is 1. The molecule has 5 nitrogen and oxygen atoms in total. The number of aromatic nitrogens is 3. The Morgan fingerprint density at radius 1 is 1.22 bits per heavy atom. The van der Waals surface area contributed by atoms with E-state index < -0.39 is 0 Å². The van der Waals surface area contributed by atoms with E-state index in [1.54, 1.807) is 11.3 Å². The van der Waals surface area contributed by atoms with Crippen molar-refractivity contribution in [2.45, 2.75) is 46.5 Å². The zero-order valence-electron chi connectivity index (χ0n) is 18.8. The molecule has 0 spiro atoms. The average molecular weight is 467 g/mol. The van der Waals surface area contributed by atoms with Gasteiger partial charge in [-0.05, 0) is 43.5 Å². The van der Waals surface area contributed by atoms with Gasteiger partial charge < -0.3 is 5.32 Å². The van der Waals surface area contributed by atoms with Gasteiger partial charge in [0, 0.05) is 27.4 Å². The van der Waals surface area contributed by atoms with Gasteiger partial charge in [-0.3, -0.25) is 4.79 Å². The van der Waals surface area contributed by atoms with E-state index in [9.17, 15) is 4.79 Å². The number of nitrogens with zero attached hydrogens (tertiary/aromatic N) is 3. The summed E-state index contributed by atoms with van der Waals surface area (Å²) in [4.78, 5) is 18.6. The molecule has 0 saturated heterocycles. The Hall–Kier alpha value is -2.70. The van der Waals surface area contributed by atoms with E-state index in [0.717, 1.165) is 33.7 Å². The first-order chi connectivity index (χ1) is 15.4. The summed E-state index contributed by atoms with van der Waals surface area (Å²) in [6, 6.07) is 14.1. The van der Waals surface area contributed by atoms with Crippen LogP contribution in [0.25, 0.3) is 27.3 Å². The zero-order valence-corrected chi connectivity index (χ0v) is 20.3. The molecule has 166 valence electrons. The Bertz CT molecular complexity index is 1270. The fourth-order valence-electron chi connectivity index (χ4n) is 3.71. The summed E-state index contributed by atoms with van der Waals surface area (Å²) in [6.07, 6.45) is 1.10. The van der Waals surface area contributed by atoms with Crippen molar-refractivity contribution in [2.24, 2.45) is 0 Å². The summed E-state index contributed by atoms with van der Waals surface area (Å²) in [7, 11) is 0. The number of carbonyl (C=O) groups excluding carboxylic acids is 1. The maximum Gasteiger partial charge on any atom is 0.226 e. The first-order valence-corrected chi connectivity index (χ1v) is 12.1. The fraction of sp³-hybridized carbons (Fsp3) is 0.320. The van der Waals surface area contributed by atoms with Crippen molar-refractivity contribution >= 4 is 39.7 Å². The standard InChI is InChI=1S/C25H27ClN4OS/c1-5-11-27-22(31)14-20-19-13-18(26)9-10-21(19)30(29-20)25-28-23(24(32-25)15(2)3)17-8-6-7-16(4)12-17/h6-10,12-13,15H,5,11,14H2,1-4H3,(H,27,31). The molecule has 0 atom stereocenters. The molecule has 32 heavy (non-hydrogen) atoms. The predicted molar refractivity (Wildman–Crippen MR) is 133 cm³/mol. The monoisotopic (exact) mass is 466 g/mol. The van der Waals surface area contributed by atoms with Crippen LogP contribution < -0.4 is 5.32 Å². The van der Waals surface area contributed by atoms with Gasteiger partial charge in [-0.25, -0.2) is 9.67 Å². The Labute approximate surface area is 197 Å². The van der Waals surface area contributed by atoms with Gasteiger partial charge in [0.1, 0.15) is 0 Å². The number of hydrogen-bond acceptors (Lipinski definition) is 4. The van der Waals surface area contributed by atoms with Crippen LogP contribution in [0.1, 0.15) is 49.2 Å². The van der Waals surface area contributed by atoms with Gasteiger partial charge in [0.25, 0.3) is 0 Å². The van der Waals surface area contributed by atoms with Crippen LogP contribution in [0.4, 0.5) is 0 Å². The molecule has 4 aromatic rings. The van der Waals surface area contributed by atoms with E-state index in [2.05, 4.69) is 50.4 Å². The molecular formula is C25H27ClN4OS. The van der Waals surface area contributed by atoms with Crippen molar-refractivity contribution in [1.82, 2.24) is 20.1 Å². The average Bonchev–Trinajstić information content (AvgIpc) is 3.34. The quantitative estimate of drug-likeness (QED) is 0.347. The van der Waals surface area contributed by atoms with Crippen molar-refractivity contribution in [3.05, 3.63) is 63.6 Å². The van der Waals surface area contributed by atoms with Crippen LogP contribution in [0.3, 0.4) is 0 Å². The molecule has 0 fully saturated rings. The minimum absolute atomic E-state index is 0.0409. The van der Waals surface area contributed by atoms with Crippen molar-refractivity contribution in [3.8, 4) is 16.4 Å². The van der Waals surface area contributed by atoms with Gasteiger partial charge in [-0.1, -0.05) is 67.5 Å². The molecule has 0 aliphatic heterocycles. The fourth-order valence-corrected chi connectivity index (χ4v) is 4.94. The highest BCUT2D eigenvalue weighted by Crippen LogP contribution is 2.37. The van der Waals surface area contributed by atoms with E-state index in [1.165, 1.54) is 10.4 Å². The van der Waals surface area contributed by atoms with Gasteiger partial charge in [-0.15, -0.1) is 0 Å². The maximum absolute atomic E-state index is 12.4. The highest BCUT2D eigenvalue weighted by Gasteiger charge is 2.21. The van der Waals surface area contributed by atoms with Crippen molar-refractivity contribution < 1.29 is 4.79 Å². The number of rotatable bonds is 7. The smallest absolute Gasteiger partial charge is 0.226 e. The lowest BCUT2D eigenvalue weighted by Crippen LogP contribution is -2.25. The lowest BCUT2D eigenvalue weighted by molar-refractivity contribution is -0.120. The van der Waals surface area contributed by atoms with E-state index in [4.69, 9.17) is 21.7 Å². The van der Waals surface area contributed by atoms with Crippen LogP contribution in [-0.4, -0.2) is 27.2 Å². The Balaban J connectivity index is 1.83. The van der Waals surface area contributed by atoms with Crippen molar-refractivity contribution in [1.29, 1.82) is 0 Å². The summed E-state index contributed by atoms with van der Waals surface area (Å²) < 4.78 is 1.85. The minimum Gasteiger partial charge on any atom is -0.356 e. The number of fused-ring (bicyclic) bond motifs is 1. The highest BCUT2D eigenvalue weighted by molar-refractivity contribution is 7.14. The third-order valence-corrected chi connectivity index (χ3v) is 6.82. The van der Waals surface area contributed by atoms with Crippen LogP contribution >= 0.6 is 22.9 Å². The number of benzene rings is 2. The normalized spacial score (nSPS) is 11.4. The molecule has 0 saturated carbocycles. The van der Waals surface area contributed by atoms with E-state index in [0.29, 0.717) is 23.2 Å². The van der Waals surface area contributed by atoms with Crippen LogP contribution in [0, 0.1) is 6.92 Å².